The van der Waals surface area contributed by atoms with Crippen molar-refractivity contribution in [2.24, 2.45) is 5.92 Å². The van der Waals surface area contributed by atoms with Crippen LogP contribution in [-0.2, 0) is 12.8 Å². The quantitative estimate of drug-likeness (QED) is 0.575. The molecule has 0 bridgehead atoms. The molecule has 0 aromatic heterocycles. The van der Waals surface area contributed by atoms with Gasteiger partial charge in [0, 0.05) is 23.9 Å². The summed E-state index contributed by atoms with van der Waals surface area (Å²) in [6.45, 7) is 0. The third-order valence-electron chi connectivity index (χ3n) is 6.42. The molecule has 2 aliphatic carbocycles. The monoisotopic (exact) mass is 429 g/mol. The Hall–Kier alpha value is -3.91. The molecule has 0 radical (unpaired) electrons. The number of benzene rings is 3. The van der Waals surface area contributed by atoms with Crippen LogP contribution in [0.15, 0.2) is 103 Å². The highest BCUT2D eigenvalue weighted by molar-refractivity contribution is 6.01. The number of fused-ring (bicyclic) bond motifs is 5. The van der Waals surface area contributed by atoms with Crippen molar-refractivity contribution in [1.82, 2.24) is 5.32 Å². The first-order valence-electron chi connectivity index (χ1n) is 11.6. The molecule has 6 rings (SSSR count). The number of hydrogen-bond donors (Lipinski definition) is 1. The summed E-state index contributed by atoms with van der Waals surface area (Å²) in [5, 5.41) is 5.51. The largest absolute Gasteiger partial charge is 0.368 e. The Bertz CT molecular complexity index is 1360. The zero-order chi connectivity index (χ0) is 22.5. The summed E-state index contributed by atoms with van der Waals surface area (Å²) >= 11 is 0. The van der Waals surface area contributed by atoms with Crippen LogP contribution in [0.5, 0.6) is 0 Å². The van der Waals surface area contributed by atoms with Gasteiger partial charge in [0.1, 0.15) is 0 Å². The number of carbonyl (C=O) groups excluding carboxylic acids is 1. The number of hydrogen-bond acceptors (Lipinski definition) is 2. The minimum absolute atomic E-state index is 0.0260. The van der Waals surface area contributed by atoms with Crippen molar-refractivity contribution < 1.29 is 4.79 Å². The van der Waals surface area contributed by atoms with Crippen LogP contribution >= 0.6 is 0 Å². The van der Waals surface area contributed by atoms with E-state index < -0.39 is 0 Å². The first kappa shape index (κ1) is 21.0. The summed E-state index contributed by atoms with van der Waals surface area (Å²) in [6, 6.07) is 22.8. The molecular formula is C31H27NO. The van der Waals surface area contributed by atoms with E-state index in [4.69, 9.17) is 0 Å². The van der Waals surface area contributed by atoms with E-state index in [1.807, 2.05) is 67.0 Å². The molecule has 0 amide bonds. The van der Waals surface area contributed by atoms with Crippen molar-refractivity contribution in [3.63, 3.8) is 0 Å². The van der Waals surface area contributed by atoms with Gasteiger partial charge in [0.2, 0.25) is 0 Å². The molecule has 0 fully saturated rings. The topological polar surface area (TPSA) is 29.1 Å². The molecule has 2 nitrogen and oxygen atoms in total. The maximum Gasteiger partial charge on any atom is 0.169 e. The van der Waals surface area contributed by atoms with Gasteiger partial charge in [-0.05, 0) is 64.1 Å². The van der Waals surface area contributed by atoms with E-state index in [0.717, 1.165) is 24.8 Å². The Balaban J connectivity index is 0.000000281. The molecule has 1 atom stereocenters. The number of carbonyl (C=O) groups is 1. The van der Waals surface area contributed by atoms with Gasteiger partial charge in [0.15, 0.2) is 5.78 Å². The van der Waals surface area contributed by atoms with Crippen LogP contribution in [0, 0.1) is 5.92 Å². The van der Waals surface area contributed by atoms with Gasteiger partial charge in [-0.3, -0.25) is 4.79 Å². The number of ketones is 1. The molecule has 1 heterocycles. The lowest BCUT2D eigenvalue weighted by molar-refractivity contribution is 0.0947. The molecule has 2 heteroatoms. The molecular weight excluding hydrogens is 402 g/mol. The van der Waals surface area contributed by atoms with Gasteiger partial charge in [-0.15, -0.1) is 0 Å². The average Bonchev–Trinajstić information content (AvgIpc) is 3.22. The van der Waals surface area contributed by atoms with Crippen molar-refractivity contribution >= 4 is 17.9 Å². The van der Waals surface area contributed by atoms with Crippen molar-refractivity contribution in [2.45, 2.75) is 19.3 Å². The fraction of sp³-hybridized carbons (Fsp3) is 0.129. The zero-order valence-electron chi connectivity index (χ0n) is 18.6. The summed E-state index contributed by atoms with van der Waals surface area (Å²) in [6.07, 6.45) is 19.0. The number of allylic oxidation sites excluding steroid dienone is 4. The Kier molecular flexibility index (Phi) is 6.16. The van der Waals surface area contributed by atoms with Gasteiger partial charge < -0.3 is 5.32 Å². The van der Waals surface area contributed by atoms with E-state index >= 15 is 0 Å². The molecule has 0 saturated heterocycles. The summed E-state index contributed by atoms with van der Waals surface area (Å²) < 4.78 is 0. The Morgan fingerprint density at radius 2 is 1.48 bits per heavy atom. The lowest BCUT2D eigenvalue weighted by Crippen LogP contribution is -2.37. The number of aryl methyl sites for hydroxylation is 1. The van der Waals surface area contributed by atoms with Crippen molar-refractivity contribution in [3.05, 3.63) is 131 Å². The Morgan fingerprint density at radius 1 is 0.727 bits per heavy atom. The zero-order valence-corrected chi connectivity index (χ0v) is 18.6. The van der Waals surface area contributed by atoms with E-state index in [-0.39, 0.29) is 11.7 Å². The highest BCUT2D eigenvalue weighted by Gasteiger charge is 2.22. The van der Waals surface area contributed by atoms with E-state index in [2.05, 4.69) is 53.9 Å². The number of rotatable bonds is 2. The minimum Gasteiger partial charge on any atom is -0.368 e. The predicted octanol–water partition coefficient (Wildman–Crippen LogP) is 5.09. The molecule has 0 saturated carbocycles. The van der Waals surface area contributed by atoms with Crippen molar-refractivity contribution in [1.29, 1.82) is 0 Å². The molecule has 1 aliphatic heterocycles. The maximum atomic E-state index is 12.9. The molecule has 3 aliphatic rings. The van der Waals surface area contributed by atoms with E-state index in [1.165, 1.54) is 32.7 Å². The smallest absolute Gasteiger partial charge is 0.169 e. The normalized spacial score (nSPS) is 16.9. The van der Waals surface area contributed by atoms with Crippen LogP contribution in [-0.4, -0.2) is 5.78 Å². The van der Waals surface area contributed by atoms with Crippen LogP contribution in [0.25, 0.3) is 23.3 Å². The second-order valence-corrected chi connectivity index (χ2v) is 8.48. The standard InChI is InChI=1S/C25H20O.C6H7N/c26-25(19-7-2-1-3-8-19)20-11-10-18-13-14-22-21-9-5-4-6-17(21)12-15-23(22)24(18)16-20;1-2-4-6-7-5-3-1/h1-9,13-16,20H,10-12H2;1-7H. The van der Waals surface area contributed by atoms with E-state index in [0.29, 0.717) is 0 Å². The highest BCUT2D eigenvalue weighted by atomic mass is 16.1. The van der Waals surface area contributed by atoms with Gasteiger partial charge in [-0.25, -0.2) is 0 Å². The van der Waals surface area contributed by atoms with Crippen LogP contribution in [0.1, 0.15) is 27.9 Å². The number of nitrogens with one attached hydrogen (secondary N) is 1. The van der Waals surface area contributed by atoms with Crippen molar-refractivity contribution in [2.75, 3.05) is 0 Å². The van der Waals surface area contributed by atoms with Crippen LogP contribution < -0.4 is 15.8 Å². The molecule has 33 heavy (non-hydrogen) atoms. The SMILES string of the molecule is C1=CC=CNC=C1.O=C(c1ccccc1)C1C=c2c(ccc3c2=CCc2ccccc2-3)CC1. The van der Waals surface area contributed by atoms with Gasteiger partial charge in [0.05, 0.1) is 0 Å². The van der Waals surface area contributed by atoms with Gasteiger partial charge >= 0.3 is 0 Å². The first-order valence-corrected chi connectivity index (χ1v) is 11.6. The van der Waals surface area contributed by atoms with Crippen LogP contribution in [0.4, 0.5) is 0 Å². The molecule has 3 aromatic rings. The lowest BCUT2D eigenvalue weighted by Gasteiger charge is -2.21. The van der Waals surface area contributed by atoms with E-state index in [9.17, 15) is 4.79 Å². The molecule has 3 aromatic carbocycles. The first-order chi connectivity index (χ1) is 16.3. The Morgan fingerprint density at radius 3 is 2.30 bits per heavy atom. The second-order valence-electron chi connectivity index (χ2n) is 8.48. The lowest BCUT2D eigenvalue weighted by atomic mass is 9.82. The third kappa shape index (κ3) is 4.51. The second kappa shape index (κ2) is 9.70. The van der Waals surface area contributed by atoms with Gasteiger partial charge in [-0.1, -0.05) is 91.0 Å². The fourth-order valence-corrected chi connectivity index (χ4v) is 4.75. The summed E-state index contributed by atoms with van der Waals surface area (Å²) in [5.74, 6) is 0.215. The average molecular weight is 430 g/mol. The van der Waals surface area contributed by atoms with Crippen LogP contribution in [0.2, 0.25) is 0 Å². The maximum absolute atomic E-state index is 12.9. The summed E-state index contributed by atoms with van der Waals surface area (Å²) in [4.78, 5) is 12.9. The highest BCUT2D eigenvalue weighted by Crippen LogP contribution is 2.26. The Labute approximate surface area is 195 Å². The summed E-state index contributed by atoms with van der Waals surface area (Å²) in [5.41, 5.74) is 6.20. The molecule has 162 valence electrons. The molecule has 0 spiro atoms. The fourth-order valence-electron chi connectivity index (χ4n) is 4.75. The van der Waals surface area contributed by atoms with Gasteiger partial charge in [0.25, 0.3) is 0 Å². The van der Waals surface area contributed by atoms with Gasteiger partial charge in [-0.2, -0.15) is 0 Å². The third-order valence-corrected chi connectivity index (χ3v) is 6.42. The molecule has 1 N–H and O–H groups in total. The van der Waals surface area contributed by atoms with Crippen molar-refractivity contribution in [3.8, 4) is 11.1 Å². The summed E-state index contributed by atoms with van der Waals surface area (Å²) in [7, 11) is 0. The number of Topliss-reactive ketones (excluding diaryl/α,β-unsaturated/α-hetero) is 1. The minimum atomic E-state index is -0.0260. The predicted molar refractivity (Wildman–Crippen MR) is 137 cm³/mol. The van der Waals surface area contributed by atoms with E-state index in [1.54, 1.807) is 0 Å². The van der Waals surface area contributed by atoms with Crippen LogP contribution in [0.3, 0.4) is 0 Å². The molecule has 1 unspecified atom stereocenters.